The van der Waals surface area contributed by atoms with Gasteiger partial charge in [-0.1, -0.05) is 0 Å². The molecular weight excluding hydrogens is 234 g/mol. The van der Waals surface area contributed by atoms with Gasteiger partial charge in [-0.15, -0.1) is 0 Å². The number of nitrogens with one attached hydrogen (secondary N) is 1. The van der Waals surface area contributed by atoms with Crippen molar-refractivity contribution >= 4 is 29.0 Å². The fourth-order valence-electron chi connectivity index (χ4n) is 1.72. The van der Waals surface area contributed by atoms with E-state index in [9.17, 15) is 4.79 Å². The highest BCUT2D eigenvalue weighted by molar-refractivity contribution is 7.99. The third kappa shape index (κ3) is 2.71. The van der Waals surface area contributed by atoms with Crippen molar-refractivity contribution in [3.05, 3.63) is 23.8 Å². The van der Waals surface area contributed by atoms with E-state index in [4.69, 9.17) is 11.0 Å². The first-order valence-corrected chi connectivity index (χ1v) is 6.54. The van der Waals surface area contributed by atoms with Crippen molar-refractivity contribution in [1.29, 1.82) is 5.26 Å². The molecular formula is C12H13N3OS. The number of nitriles is 1. The number of thioether (sulfide) groups is 1. The van der Waals surface area contributed by atoms with Crippen molar-refractivity contribution < 1.29 is 4.79 Å². The average molecular weight is 247 g/mol. The SMILES string of the molecule is N#Cc1ccc(NC(=O)C2CCSC2)c(N)c1. The fourth-order valence-corrected chi connectivity index (χ4v) is 2.94. The van der Waals surface area contributed by atoms with Crippen LogP contribution in [0, 0.1) is 17.2 Å². The summed E-state index contributed by atoms with van der Waals surface area (Å²) >= 11 is 1.80. The third-order valence-corrected chi connectivity index (χ3v) is 3.90. The standard InChI is InChI=1S/C12H13N3OS/c13-6-8-1-2-11(10(14)5-8)15-12(16)9-3-4-17-7-9/h1-2,5,9H,3-4,7,14H2,(H,15,16). The Morgan fingerprint density at radius 2 is 2.41 bits per heavy atom. The summed E-state index contributed by atoms with van der Waals surface area (Å²) in [6.45, 7) is 0. The van der Waals surface area contributed by atoms with Gasteiger partial charge in [-0.3, -0.25) is 4.79 Å². The van der Waals surface area contributed by atoms with Gasteiger partial charge in [0, 0.05) is 11.7 Å². The molecule has 0 radical (unpaired) electrons. The smallest absolute Gasteiger partial charge is 0.228 e. The molecule has 1 aromatic carbocycles. The van der Waals surface area contributed by atoms with Crippen LogP contribution in [0.4, 0.5) is 11.4 Å². The monoisotopic (exact) mass is 247 g/mol. The molecule has 88 valence electrons. The lowest BCUT2D eigenvalue weighted by Gasteiger charge is -2.11. The zero-order valence-corrected chi connectivity index (χ0v) is 10.1. The maximum Gasteiger partial charge on any atom is 0.228 e. The Balaban J connectivity index is 2.08. The van der Waals surface area contributed by atoms with Crippen molar-refractivity contribution in [3.63, 3.8) is 0 Å². The predicted molar refractivity (Wildman–Crippen MR) is 69.6 cm³/mol. The second kappa shape index (κ2) is 5.11. The Bertz CT molecular complexity index is 475. The number of nitrogens with two attached hydrogens (primary N) is 1. The molecule has 1 fully saturated rings. The van der Waals surface area contributed by atoms with Gasteiger partial charge in [0.05, 0.1) is 23.0 Å². The van der Waals surface area contributed by atoms with Gasteiger partial charge in [-0.25, -0.2) is 0 Å². The minimum Gasteiger partial charge on any atom is -0.397 e. The van der Waals surface area contributed by atoms with Gasteiger partial charge in [0.2, 0.25) is 5.91 Å². The first kappa shape index (κ1) is 11.8. The zero-order chi connectivity index (χ0) is 12.3. The molecule has 0 aromatic heterocycles. The molecule has 4 nitrogen and oxygen atoms in total. The van der Waals surface area contributed by atoms with Crippen LogP contribution in [0.3, 0.4) is 0 Å². The van der Waals surface area contributed by atoms with Crippen LogP contribution in [0.15, 0.2) is 18.2 Å². The number of nitrogen functional groups attached to an aromatic ring is 1. The first-order chi connectivity index (χ1) is 8.20. The number of carbonyl (C=O) groups is 1. The predicted octanol–water partition coefficient (Wildman–Crippen LogP) is 1.83. The largest absolute Gasteiger partial charge is 0.397 e. The van der Waals surface area contributed by atoms with Crippen LogP contribution in [0.1, 0.15) is 12.0 Å². The molecule has 1 unspecified atom stereocenters. The summed E-state index contributed by atoms with van der Waals surface area (Å²) in [7, 11) is 0. The van der Waals surface area contributed by atoms with E-state index in [-0.39, 0.29) is 11.8 Å². The summed E-state index contributed by atoms with van der Waals surface area (Å²) in [6, 6.07) is 6.90. The lowest BCUT2D eigenvalue weighted by Crippen LogP contribution is -2.22. The van der Waals surface area contributed by atoms with E-state index in [1.165, 1.54) is 0 Å². The number of benzene rings is 1. The van der Waals surface area contributed by atoms with E-state index in [2.05, 4.69) is 5.32 Å². The number of rotatable bonds is 2. The van der Waals surface area contributed by atoms with Crippen LogP contribution >= 0.6 is 11.8 Å². The molecule has 1 aliphatic heterocycles. The molecule has 0 saturated carbocycles. The number of hydrogen-bond acceptors (Lipinski definition) is 4. The summed E-state index contributed by atoms with van der Waals surface area (Å²) in [5.74, 6) is 2.02. The number of amides is 1. The minimum absolute atomic E-state index is 0.0198. The maximum absolute atomic E-state index is 11.9. The van der Waals surface area contributed by atoms with Gasteiger partial charge in [0.25, 0.3) is 0 Å². The second-order valence-corrected chi connectivity index (χ2v) is 5.11. The van der Waals surface area contributed by atoms with Gasteiger partial charge >= 0.3 is 0 Å². The van der Waals surface area contributed by atoms with Gasteiger partial charge in [0.1, 0.15) is 0 Å². The van der Waals surface area contributed by atoms with Crippen molar-refractivity contribution in [2.75, 3.05) is 22.6 Å². The number of hydrogen-bond donors (Lipinski definition) is 2. The van der Waals surface area contributed by atoms with E-state index >= 15 is 0 Å². The lowest BCUT2D eigenvalue weighted by molar-refractivity contribution is -0.119. The highest BCUT2D eigenvalue weighted by atomic mass is 32.2. The molecule has 1 amide bonds. The molecule has 5 heteroatoms. The summed E-state index contributed by atoms with van der Waals surface area (Å²) in [5.41, 5.74) is 7.29. The summed E-state index contributed by atoms with van der Waals surface area (Å²) in [5, 5.41) is 11.5. The normalized spacial score (nSPS) is 18.6. The molecule has 1 heterocycles. The molecule has 2 rings (SSSR count). The number of carbonyl (C=O) groups excluding carboxylic acids is 1. The fraction of sp³-hybridized carbons (Fsp3) is 0.333. The van der Waals surface area contributed by atoms with Crippen molar-refractivity contribution in [3.8, 4) is 6.07 Å². The number of anilines is 2. The van der Waals surface area contributed by atoms with E-state index in [0.717, 1.165) is 17.9 Å². The van der Waals surface area contributed by atoms with Crippen LogP contribution in [0.2, 0.25) is 0 Å². The molecule has 17 heavy (non-hydrogen) atoms. The van der Waals surface area contributed by atoms with Crippen molar-refractivity contribution in [2.24, 2.45) is 5.92 Å². The highest BCUT2D eigenvalue weighted by Crippen LogP contribution is 2.26. The molecule has 3 N–H and O–H groups in total. The lowest BCUT2D eigenvalue weighted by atomic mass is 10.1. The van der Waals surface area contributed by atoms with Crippen molar-refractivity contribution in [1.82, 2.24) is 0 Å². The summed E-state index contributed by atoms with van der Waals surface area (Å²) in [4.78, 5) is 11.9. The number of nitrogens with zero attached hydrogens (tertiary/aromatic N) is 1. The van der Waals surface area contributed by atoms with E-state index in [0.29, 0.717) is 16.9 Å². The molecule has 1 aromatic rings. The quantitative estimate of drug-likeness (QED) is 0.781. The minimum atomic E-state index is 0.0198. The summed E-state index contributed by atoms with van der Waals surface area (Å²) < 4.78 is 0. The molecule has 0 bridgehead atoms. The zero-order valence-electron chi connectivity index (χ0n) is 9.27. The Kier molecular flexibility index (Phi) is 3.55. The first-order valence-electron chi connectivity index (χ1n) is 5.39. The van der Waals surface area contributed by atoms with E-state index in [1.807, 2.05) is 6.07 Å². The topological polar surface area (TPSA) is 78.9 Å². The highest BCUT2D eigenvalue weighted by Gasteiger charge is 2.23. The molecule has 0 aliphatic carbocycles. The molecule has 0 spiro atoms. The molecule has 1 atom stereocenters. The van der Waals surface area contributed by atoms with Crippen LogP contribution in [-0.4, -0.2) is 17.4 Å². The van der Waals surface area contributed by atoms with Crippen LogP contribution in [-0.2, 0) is 4.79 Å². The Morgan fingerprint density at radius 1 is 1.59 bits per heavy atom. The van der Waals surface area contributed by atoms with Crippen LogP contribution in [0.25, 0.3) is 0 Å². The summed E-state index contributed by atoms with van der Waals surface area (Å²) in [6.07, 6.45) is 0.923. The molecule has 1 aliphatic rings. The third-order valence-electron chi connectivity index (χ3n) is 2.74. The van der Waals surface area contributed by atoms with Gasteiger partial charge in [-0.2, -0.15) is 17.0 Å². The van der Waals surface area contributed by atoms with E-state index < -0.39 is 0 Å². The Morgan fingerprint density at radius 3 is 3.00 bits per heavy atom. The Labute approximate surface area is 104 Å². The second-order valence-electron chi connectivity index (χ2n) is 3.96. The van der Waals surface area contributed by atoms with E-state index in [1.54, 1.807) is 30.0 Å². The van der Waals surface area contributed by atoms with Crippen LogP contribution < -0.4 is 11.1 Å². The van der Waals surface area contributed by atoms with Gasteiger partial charge in [0.15, 0.2) is 0 Å². The maximum atomic E-state index is 11.9. The van der Waals surface area contributed by atoms with Gasteiger partial charge in [-0.05, 0) is 30.4 Å². The van der Waals surface area contributed by atoms with Crippen molar-refractivity contribution in [2.45, 2.75) is 6.42 Å². The van der Waals surface area contributed by atoms with Gasteiger partial charge < -0.3 is 11.1 Å². The average Bonchev–Trinajstić information content (AvgIpc) is 2.85. The Hall–Kier alpha value is -1.67. The molecule has 1 saturated heterocycles. The van der Waals surface area contributed by atoms with Crippen LogP contribution in [0.5, 0.6) is 0 Å².